The quantitative estimate of drug-likeness (QED) is 0.712. The fourth-order valence-corrected chi connectivity index (χ4v) is 5.49. The van der Waals surface area contributed by atoms with Crippen LogP contribution in [0, 0.1) is 0 Å². The highest BCUT2D eigenvalue weighted by Crippen LogP contribution is 2.38. The number of rotatable bonds is 5. The molecule has 0 radical (unpaired) electrons. The van der Waals surface area contributed by atoms with Crippen LogP contribution >= 0.6 is 0 Å². The van der Waals surface area contributed by atoms with Crippen molar-refractivity contribution in [2.75, 3.05) is 25.5 Å². The van der Waals surface area contributed by atoms with E-state index in [1.54, 1.807) is 0 Å². The number of benzene rings is 1. The molecule has 1 atom stereocenters. The molecule has 4 rings (SSSR count). The Morgan fingerprint density at radius 2 is 1.78 bits per heavy atom. The van der Waals surface area contributed by atoms with Crippen LogP contribution in [0.5, 0.6) is 0 Å². The van der Waals surface area contributed by atoms with E-state index in [4.69, 9.17) is 0 Å². The average molecular weight is 393 g/mol. The maximum absolute atomic E-state index is 12.4. The second-order valence-corrected chi connectivity index (χ2v) is 9.42. The Morgan fingerprint density at radius 1 is 1.11 bits per heavy atom. The van der Waals surface area contributed by atoms with Gasteiger partial charge in [-0.3, -0.25) is 0 Å². The summed E-state index contributed by atoms with van der Waals surface area (Å²) in [5, 5.41) is 2.86. The first-order chi connectivity index (χ1) is 12.9. The zero-order chi connectivity index (χ0) is 19.0. The lowest BCUT2D eigenvalue weighted by Gasteiger charge is -2.20. The number of carbonyl (C=O) groups excluding carboxylic acids is 1. The monoisotopic (exact) mass is 392 g/mol. The van der Waals surface area contributed by atoms with Gasteiger partial charge in [0.05, 0.1) is 0 Å². The number of carbonyl (C=O) groups is 1. The minimum absolute atomic E-state index is 0.185. The van der Waals surface area contributed by atoms with Crippen LogP contribution in [0.2, 0.25) is 0 Å². The van der Waals surface area contributed by atoms with E-state index in [1.807, 2.05) is 7.05 Å². The normalized spacial score (nSPS) is 21.9. The van der Waals surface area contributed by atoms with Gasteiger partial charge in [-0.2, -0.15) is 13.1 Å². The molecule has 2 aliphatic carbocycles. The van der Waals surface area contributed by atoms with Crippen LogP contribution in [-0.2, 0) is 35.9 Å². The molecular formula is C19H28N4O3S. The highest BCUT2D eigenvalue weighted by atomic mass is 32.2. The second-order valence-electron chi connectivity index (χ2n) is 7.92. The Kier molecular flexibility index (Phi) is 5.13. The molecule has 2 amide bonds. The van der Waals surface area contributed by atoms with E-state index in [2.05, 4.69) is 25.7 Å². The third-order valence-electron chi connectivity index (χ3n) is 6.12. The second kappa shape index (κ2) is 7.41. The Labute approximate surface area is 161 Å². The molecule has 0 aromatic heterocycles. The Hall–Kier alpha value is -1.64. The van der Waals surface area contributed by atoms with Crippen molar-refractivity contribution in [2.45, 2.75) is 57.4 Å². The van der Waals surface area contributed by atoms with Gasteiger partial charge in [0.2, 0.25) is 0 Å². The number of hydrogen-bond donors (Lipinski definition) is 3. The van der Waals surface area contributed by atoms with E-state index in [0.29, 0.717) is 6.54 Å². The van der Waals surface area contributed by atoms with Gasteiger partial charge < -0.3 is 10.2 Å². The number of aryl methyl sites for hydroxylation is 2. The Bertz CT molecular complexity index is 821. The van der Waals surface area contributed by atoms with E-state index >= 15 is 0 Å². The van der Waals surface area contributed by atoms with Crippen LogP contribution in [0.3, 0.4) is 0 Å². The van der Waals surface area contributed by atoms with Crippen molar-refractivity contribution in [1.29, 1.82) is 0 Å². The number of nitrogens with one attached hydrogen (secondary N) is 3. The summed E-state index contributed by atoms with van der Waals surface area (Å²) < 4.78 is 29.2. The summed E-state index contributed by atoms with van der Waals surface area (Å²) in [6, 6.07) is 1.78. The highest BCUT2D eigenvalue weighted by molar-refractivity contribution is 7.88. The largest absolute Gasteiger partial charge is 0.333 e. The van der Waals surface area contributed by atoms with Gasteiger partial charge in [-0.25, -0.2) is 9.52 Å². The van der Waals surface area contributed by atoms with Crippen molar-refractivity contribution in [1.82, 2.24) is 14.3 Å². The van der Waals surface area contributed by atoms with Crippen LogP contribution in [0.1, 0.15) is 47.9 Å². The maximum Gasteiger partial charge on any atom is 0.333 e. The van der Waals surface area contributed by atoms with Crippen LogP contribution in [0.15, 0.2) is 6.07 Å². The third kappa shape index (κ3) is 3.97. The lowest BCUT2D eigenvalue weighted by Crippen LogP contribution is -2.46. The van der Waals surface area contributed by atoms with E-state index in [9.17, 15) is 13.2 Å². The molecule has 3 aliphatic rings. The maximum atomic E-state index is 12.4. The molecule has 3 N–H and O–H groups in total. The van der Waals surface area contributed by atoms with E-state index in [1.165, 1.54) is 22.3 Å². The lowest BCUT2D eigenvalue weighted by atomic mass is 9.99. The van der Waals surface area contributed by atoms with Crippen LogP contribution in [0.4, 0.5) is 10.5 Å². The first-order valence-electron chi connectivity index (χ1n) is 9.88. The molecule has 1 fully saturated rings. The van der Waals surface area contributed by atoms with Gasteiger partial charge in [0.1, 0.15) is 0 Å². The van der Waals surface area contributed by atoms with Crippen LogP contribution in [-0.4, -0.2) is 45.5 Å². The van der Waals surface area contributed by atoms with Gasteiger partial charge in [-0.15, -0.1) is 0 Å². The summed E-state index contributed by atoms with van der Waals surface area (Å²) in [4.78, 5) is 14.6. The molecule has 0 saturated carbocycles. The van der Waals surface area contributed by atoms with E-state index < -0.39 is 16.2 Å². The molecule has 7 nitrogen and oxygen atoms in total. The fourth-order valence-electron chi connectivity index (χ4n) is 4.71. The molecule has 1 aromatic carbocycles. The molecule has 1 heterocycles. The van der Waals surface area contributed by atoms with Crippen molar-refractivity contribution in [3.05, 3.63) is 28.3 Å². The van der Waals surface area contributed by atoms with Crippen molar-refractivity contribution in [3.63, 3.8) is 0 Å². The van der Waals surface area contributed by atoms with Crippen molar-refractivity contribution < 1.29 is 13.2 Å². The van der Waals surface area contributed by atoms with Gasteiger partial charge in [0, 0.05) is 18.3 Å². The fraction of sp³-hybridized carbons (Fsp3) is 0.632. The summed E-state index contributed by atoms with van der Waals surface area (Å²) in [7, 11) is -1.89. The molecule has 0 bridgehead atoms. The van der Waals surface area contributed by atoms with Crippen LogP contribution < -0.4 is 14.8 Å². The number of amides is 2. The van der Waals surface area contributed by atoms with Gasteiger partial charge >= 0.3 is 16.2 Å². The zero-order valence-corrected chi connectivity index (χ0v) is 16.6. The molecule has 8 heteroatoms. The van der Waals surface area contributed by atoms with Gasteiger partial charge in [0.15, 0.2) is 0 Å². The molecule has 1 saturated heterocycles. The number of likely N-dealkylation sites (N-methyl/N-ethyl adjacent to an activating group) is 1. The highest BCUT2D eigenvalue weighted by Gasteiger charge is 2.27. The molecular weight excluding hydrogens is 364 g/mol. The minimum atomic E-state index is -3.88. The summed E-state index contributed by atoms with van der Waals surface area (Å²) >= 11 is 0. The number of hydrogen-bond acceptors (Lipinski definition) is 4. The predicted octanol–water partition coefficient (Wildman–Crippen LogP) is 1.71. The molecule has 1 unspecified atom stereocenters. The zero-order valence-electron chi connectivity index (χ0n) is 15.8. The van der Waals surface area contributed by atoms with Crippen molar-refractivity contribution in [3.8, 4) is 0 Å². The summed E-state index contributed by atoms with van der Waals surface area (Å²) in [5.74, 6) is 0. The smallest absolute Gasteiger partial charge is 0.307 e. The predicted molar refractivity (Wildman–Crippen MR) is 105 cm³/mol. The van der Waals surface area contributed by atoms with E-state index in [-0.39, 0.29) is 6.04 Å². The molecule has 148 valence electrons. The molecule has 0 spiro atoms. The van der Waals surface area contributed by atoms with Gasteiger partial charge in [-0.1, -0.05) is 6.07 Å². The Morgan fingerprint density at radius 3 is 2.37 bits per heavy atom. The minimum Gasteiger partial charge on any atom is -0.307 e. The number of nitrogens with zero attached hydrogens (tertiary/aromatic N) is 1. The molecule has 1 aromatic rings. The summed E-state index contributed by atoms with van der Waals surface area (Å²) in [5.41, 5.74) is 5.82. The first kappa shape index (κ1) is 18.7. The molecule has 27 heavy (non-hydrogen) atoms. The number of fused-ring (bicyclic) bond motifs is 2. The average Bonchev–Trinajstić information content (AvgIpc) is 3.32. The Balaban J connectivity index is 1.42. The topological polar surface area (TPSA) is 90.5 Å². The number of anilines is 1. The number of likely N-dealkylation sites (tertiary alicyclic amines) is 1. The van der Waals surface area contributed by atoms with Crippen molar-refractivity contribution >= 4 is 21.9 Å². The molecule has 1 aliphatic heterocycles. The third-order valence-corrected chi connectivity index (χ3v) is 7.12. The van der Waals surface area contributed by atoms with Crippen LogP contribution in [0.25, 0.3) is 0 Å². The SMILES string of the molecule is CN1CCCC1CNS(=O)(=O)NC(=O)Nc1c2c(cc3c1CCC3)CCC2. The lowest BCUT2D eigenvalue weighted by molar-refractivity contribution is 0.256. The summed E-state index contributed by atoms with van der Waals surface area (Å²) in [6.45, 7) is 1.29. The first-order valence-corrected chi connectivity index (χ1v) is 11.4. The summed E-state index contributed by atoms with van der Waals surface area (Å²) in [6.07, 6.45) is 8.16. The number of urea groups is 1. The standard InChI is InChI=1S/C19H28N4O3S/c1-23-10-4-7-15(23)12-20-27(25,26)22-19(24)21-18-16-8-2-5-13(16)11-14-6-3-9-17(14)18/h11,15,20H,2-10,12H2,1H3,(H2,21,22,24). The van der Waals surface area contributed by atoms with Gasteiger partial charge in [-0.05, 0) is 87.2 Å². The van der Waals surface area contributed by atoms with Gasteiger partial charge in [0.25, 0.3) is 0 Å². The van der Waals surface area contributed by atoms with E-state index in [0.717, 1.165) is 63.6 Å². The van der Waals surface area contributed by atoms with Crippen molar-refractivity contribution in [2.24, 2.45) is 0 Å².